The second-order valence-electron chi connectivity index (χ2n) is 12.7. The Kier molecular flexibility index (Phi) is 10.9. The zero-order valence-electron chi connectivity index (χ0n) is 26.3. The van der Waals surface area contributed by atoms with Gasteiger partial charge in [-0.1, -0.05) is 128 Å². The number of fused-ring (bicyclic) bond motifs is 10. The van der Waals surface area contributed by atoms with Crippen molar-refractivity contribution >= 4 is 43.6 Å². The second-order valence-corrected chi connectivity index (χ2v) is 15.6. The number of unbranched alkanes of at least 4 members (excludes halogenated alkanes) is 10. The van der Waals surface area contributed by atoms with E-state index < -0.39 is 0 Å². The molecule has 3 aliphatic rings. The van der Waals surface area contributed by atoms with Crippen LogP contribution in [0, 0.1) is 0 Å². The van der Waals surface area contributed by atoms with Gasteiger partial charge >= 0.3 is 0 Å². The van der Waals surface area contributed by atoms with Gasteiger partial charge in [0.05, 0.1) is 18.6 Å². The van der Waals surface area contributed by atoms with Crippen molar-refractivity contribution in [3.63, 3.8) is 0 Å². The van der Waals surface area contributed by atoms with E-state index in [0.29, 0.717) is 11.2 Å². The lowest BCUT2D eigenvalue weighted by Gasteiger charge is -2.35. The van der Waals surface area contributed by atoms with E-state index in [0.717, 1.165) is 46.5 Å². The number of hydrogen-bond acceptors (Lipinski definition) is 3. The Bertz CT molecular complexity index is 1430. The molecular formula is C39H46Br2O2S. The van der Waals surface area contributed by atoms with Crippen molar-refractivity contribution in [1.82, 2.24) is 0 Å². The van der Waals surface area contributed by atoms with Crippen molar-refractivity contribution < 1.29 is 9.47 Å². The summed E-state index contributed by atoms with van der Waals surface area (Å²) in [5, 5.41) is 2.68. The van der Waals surface area contributed by atoms with Gasteiger partial charge in [-0.25, -0.2) is 0 Å². The minimum absolute atomic E-state index is 0.261. The van der Waals surface area contributed by atoms with Gasteiger partial charge in [0.25, 0.3) is 0 Å². The fourth-order valence-corrected chi connectivity index (χ4v) is 9.78. The van der Waals surface area contributed by atoms with Gasteiger partial charge in [0, 0.05) is 20.1 Å². The third-order valence-electron chi connectivity index (χ3n) is 9.78. The van der Waals surface area contributed by atoms with E-state index >= 15 is 0 Å². The minimum atomic E-state index is -0.261. The minimum Gasteiger partial charge on any atom is -0.490 e. The molecule has 0 saturated carbocycles. The molecule has 3 aromatic rings. The fraction of sp³-hybridized carbons (Fsp3) is 0.487. The van der Waals surface area contributed by atoms with Crippen molar-refractivity contribution in [3.8, 4) is 22.6 Å². The molecule has 2 nitrogen and oxygen atoms in total. The maximum atomic E-state index is 6.66. The fourth-order valence-electron chi connectivity index (χ4n) is 7.64. The number of thioether (sulfide) groups is 1. The Labute approximate surface area is 286 Å². The number of rotatable bonds is 16. The van der Waals surface area contributed by atoms with Crippen LogP contribution in [0.3, 0.4) is 0 Å². The van der Waals surface area contributed by atoms with Crippen molar-refractivity contribution in [1.29, 1.82) is 0 Å². The zero-order chi connectivity index (χ0) is 30.5. The number of ether oxygens (including phenoxy) is 2. The Morgan fingerprint density at radius 1 is 0.636 bits per heavy atom. The molecule has 2 unspecified atom stereocenters. The van der Waals surface area contributed by atoms with Crippen LogP contribution >= 0.6 is 43.6 Å². The van der Waals surface area contributed by atoms with Crippen LogP contribution in [0.15, 0.2) is 69.0 Å². The first-order valence-corrected chi connectivity index (χ1v) is 19.5. The molecule has 2 atom stereocenters. The SMILES string of the molecule is CCCCCCCCOc1cc2c(cc1OCCCCCCCC)C1(c3cc(Br)ccc3-c3ccc(Br)cc31)C1SC=CC21. The summed E-state index contributed by atoms with van der Waals surface area (Å²) >= 11 is 9.66. The summed E-state index contributed by atoms with van der Waals surface area (Å²) in [5.41, 5.74) is 7.98. The molecule has 44 heavy (non-hydrogen) atoms. The lowest BCUT2D eigenvalue weighted by atomic mass is 9.72. The van der Waals surface area contributed by atoms with E-state index in [1.54, 1.807) is 0 Å². The van der Waals surface area contributed by atoms with Crippen LogP contribution in [0.2, 0.25) is 0 Å². The number of allylic oxidation sites excluding steroid dienone is 1. The van der Waals surface area contributed by atoms with Crippen molar-refractivity contribution in [3.05, 3.63) is 91.2 Å². The zero-order valence-corrected chi connectivity index (χ0v) is 30.3. The second kappa shape index (κ2) is 14.8. The predicted octanol–water partition coefficient (Wildman–Crippen LogP) is 12.7. The van der Waals surface area contributed by atoms with E-state index in [9.17, 15) is 0 Å². The molecule has 0 aromatic heterocycles. The Balaban J connectivity index is 1.37. The molecular weight excluding hydrogens is 692 g/mol. The maximum absolute atomic E-state index is 6.66. The van der Waals surface area contributed by atoms with Gasteiger partial charge in [-0.3, -0.25) is 0 Å². The summed E-state index contributed by atoms with van der Waals surface area (Å²) in [5.74, 6) is 2.17. The molecule has 0 saturated heterocycles. The summed E-state index contributed by atoms with van der Waals surface area (Å²) in [4.78, 5) is 0. The molecule has 1 heterocycles. The van der Waals surface area contributed by atoms with Crippen LogP contribution in [0.25, 0.3) is 11.1 Å². The molecule has 0 bridgehead atoms. The average Bonchev–Trinajstić information content (AvgIpc) is 3.68. The summed E-state index contributed by atoms with van der Waals surface area (Å²) in [6, 6.07) is 18.4. The van der Waals surface area contributed by atoms with Crippen molar-refractivity contribution in [2.75, 3.05) is 13.2 Å². The molecule has 1 spiro atoms. The summed E-state index contributed by atoms with van der Waals surface area (Å²) in [6.45, 7) is 6.03. The van der Waals surface area contributed by atoms with Crippen molar-refractivity contribution in [2.45, 2.75) is 107 Å². The van der Waals surface area contributed by atoms with Crippen LogP contribution in [0.1, 0.15) is 119 Å². The first-order chi connectivity index (χ1) is 21.6. The monoisotopic (exact) mass is 736 g/mol. The standard InChI is InChI=1S/C39H46Br2O2S/c1-3-5-7-9-11-13-20-42-36-25-32-31-19-22-44-38(31)39(35(32)26-37(36)43-21-14-12-10-8-6-4-2)33-23-27(40)15-17-29(33)30-18-16-28(41)24-34(30)39/h15-19,22-26,31,38H,3-14,20-21H2,1-2H3. The van der Waals surface area contributed by atoms with Crippen LogP contribution in [-0.4, -0.2) is 18.5 Å². The van der Waals surface area contributed by atoms with Gasteiger partial charge < -0.3 is 9.47 Å². The molecule has 3 aromatic carbocycles. The number of benzene rings is 3. The number of hydrogen-bond donors (Lipinski definition) is 0. The largest absolute Gasteiger partial charge is 0.490 e. The first kappa shape index (κ1) is 32.3. The molecule has 0 radical (unpaired) electrons. The highest BCUT2D eigenvalue weighted by Crippen LogP contribution is 2.67. The van der Waals surface area contributed by atoms with Crippen LogP contribution in [0.4, 0.5) is 0 Å². The highest BCUT2D eigenvalue weighted by atomic mass is 79.9. The van der Waals surface area contributed by atoms with Gasteiger partial charge in [-0.05, 0) is 88.0 Å². The van der Waals surface area contributed by atoms with Gasteiger partial charge in [-0.15, -0.1) is 11.8 Å². The molecule has 2 aliphatic carbocycles. The van der Waals surface area contributed by atoms with E-state index in [-0.39, 0.29) is 5.41 Å². The third-order valence-corrected chi connectivity index (χ3v) is 12.0. The average molecular weight is 739 g/mol. The molecule has 234 valence electrons. The van der Waals surface area contributed by atoms with Crippen LogP contribution in [-0.2, 0) is 5.41 Å². The van der Waals surface area contributed by atoms with E-state index in [2.05, 4.69) is 106 Å². The molecule has 0 N–H and O–H groups in total. The maximum Gasteiger partial charge on any atom is 0.161 e. The molecule has 0 amide bonds. The Morgan fingerprint density at radius 2 is 1.16 bits per heavy atom. The highest BCUT2D eigenvalue weighted by molar-refractivity contribution is 9.10. The van der Waals surface area contributed by atoms with E-state index in [1.807, 2.05) is 11.8 Å². The smallest absolute Gasteiger partial charge is 0.161 e. The van der Waals surface area contributed by atoms with E-state index in [4.69, 9.17) is 9.47 Å². The molecule has 0 fully saturated rings. The normalized spacial score (nSPS) is 18.4. The van der Waals surface area contributed by atoms with Crippen LogP contribution in [0.5, 0.6) is 11.5 Å². The Hall–Kier alpha value is -1.69. The molecule has 5 heteroatoms. The highest BCUT2D eigenvalue weighted by Gasteiger charge is 2.59. The van der Waals surface area contributed by atoms with E-state index in [1.165, 1.54) is 97.6 Å². The summed E-state index contributed by atoms with van der Waals surface area (Å²) < 4.78 is 15.5. The first-order valence-electron chi connectivity index (χ1n) is 17.0. The molecule has 6 rings (SSSR count). The lowest BCUT2D eigenvalue weighted by Crippen LogP contribution is -2.34. The van der Waals surface area contributed by atoms with Gasteiger partial charge in [-0.2, -0.15) is 0 Å². The molecule has 1 aliphatic heterocycles. The van der Waals surface area contributed by atoms with Crippen molar-refractivity contribution in [2.24, 2.45) is 0 Å². The van der Waals surface area contributed by atoms with Gasteiger partial charge in [0.1, 0.15) is 0 Å². The quantitative estimate of drug-likeness (QED) is 0.136. The van der Waals surface area contributed by atoms with Gasteiger partial charge in [0.15, 0.2) is 11.5 Å². The lowest BCUT2D eigenvalue weighted by molar-refractivity contribution is 0.258. The third kappa shape index (κ3) is 6.19. The van der Waals surface area contributed by atoms with Crippen LogP contribution < -0.4 is 9.47 Å². The predicted molar refractivity (Wildman–Crippen MR) is 195 cm³/mol. The number of halogens is 2. The summed E-state index contributed by atoms with van der Waals surface area (Å²) in [7, 11) is 0. The summed E-state index contributed by atoms with van der Waals surface area (Å²) in [6.07, 6.45) is 17.5. The Morgan fingerprint density at radius 3 is 1.73 bits per heavy atom. The topological polar surface area (TPSA) is 18.5 Å². The van der Waals surface area contributed by atoms with Gasteiger partial charge in [0.2, 0.25) is 0 Å².